The summed E-state index contributed by atoms with van der Waals surface area (Å²) in [5, 5.41) is 0.522. The maximum absolute atomic E-state index is 13.5. The lowest BCUT2D eigenvalue weighted by molar-refractivity contribution is 0.385. The third kappa shape index (κ3) is 4.18. The summed E-state index contributed by atoms with van der Waals surface area (Å²) in [5.41, 5.74) is 3.54. The second-order valence-electron chi connectivity index (χ2n) is 4.00. The van der Waals surface area contributed by atoms with Crippen LogP contribution >= 0.6 is 11.8 Å². The van der Waals surface area contributed by atoms with Crippen LogP contribution in [0.5, 0.6) is 5.75 Å². The Morgan fingerprint density at radius 3 is 2.65 bits per heavy atom. The summed E-state index contributed by atoms with van der Waals surface area (Å²) in [6.07, 6.45) is 0. The molecule has 0 saturated heterocycles. The fourth-order valence-corrected chi connectivity index (χ4v) is 2.29. The molecule has 0 spiro atoms. The Labute approximate surface area is 106 Å². The van der Waals surface area contributed by atoms with E-state index in [-0.39, 0.29) is 17.6 Å². The van der Waals surface area contributed by atoms with E-state index in [1.807, 2.05) is 6.07 Å². The van der Waals surface area contributed by atoms with Crippen molar-refractivity contribution in [1.29, 1.82) is 0 Å². The number of rotatable bonds is 6. The standard InChI is InChI=1S/C12H19FN2OS/c1-8(2)17-7-11(15-14)9-4-5-12(16-3)10(13)6-9/h4-6,8,11,15H,7,14H2,1-3H3. The van der Waals surface area contributed by atoms with Gasteiger partial charge in [-0.05, 0) is 22.9 Å². The molecule has 0 amide bonds. The van der Waals surface area contributed by atoms with Gasteiger partial charge in [0.15, 0.2) is 11.6 Å². The molecule has 1 atom stereocenters. The molecule has 0 bridgehead atoms. The van der Waals surface area contributed by atoms with Gasteiger partial charge in [0.1, 0.15) is 0 Å². The Morgan fingerprint density at radius 2 is 2.18 bits per heavy atom. The van der Waals surface area contributed by atoms with Crippen molar-refractivity contribution in [2.75, 3.05) is 12.9 Å². The third-order valence-electron chi connectivity index (χ3n) is 2.38. The highest BCUT2D eigenvalue weighted by atomic mass is 32.2. The average Bonchev–Trinajstić information content (AvgIpc) is 2.29. The first-order valence-electron chi connectivity index (χ1n) is 5.49. The van der Waals surface area contributed by atoms with E-state index in [1.165, 1.54) is 13.2 Å². The Hall–Kier alpha value is -0.780. The lowest BCUT2D eigenvalue weighted by atomic mass is 10.1. The Balaban J connectivity index is 2.78. The maximum atomic E-state index is 13.5. The first kappa shape index (κ1) is 14.3. The van der Waals surface area contributed by atoms with Crippen LogP contribution in [0, 0.1) is 5.82 Å². The molecular formula is C12H19FN2OS. The predicted molar refractivity (Wildman–Crippen MR) is 70.6 cm³/mol. The van der Waals surface area contributed by atoms with Crippen molar-refractivity contribution in [3.8, 4) is 5.75 Å². The molecule has 96 valence electrons. The molecule has 0 saturated carbocycles. The van der Waals surface area contributed by atoms with Crippen LogP contribution in [0.1, 0.15) is 25.5 Å². The van der Waals surface area contributed by atoms with Crippen molar-refractivity contribution < 1.29 is 9.13 Å². The minimum absolute atomic E-state index is 0.0530. The topological polar surface area (TPSA) is 47.3 Å². The quantitative estimate of drug-likeness (QED) is 0.608. The predicted octanol–water partition coefficient (Wildman–Crippen LogP) is 2.48. The van der Waals surface area contributed by atoms with Crippen molar-refractivity contribution >= 4 is 11.8 Å². The van der Waals surface area contributed by atoms with Crippen molar-refractivity contribution in [2.45, 2.75) is 25.1 Å². The van der Waals surface area contributed by atoms with Crippen LogP contribution in [-0.2, 0) is 0 Å². The number of benzene rings is 1. The average molecular weight is 258 g/mol. The number of thioether (sulfide) groups is 1. The molecule has 0 fully saturated rings. The molecule has 0 radical (unpaired) electrons. The molecule has 1 unspecified atom stereocenters. The van der Waals surface area contributed by atoms with Crippen LogP contribution < -0.4 is 16.0 Å². The SMILES string of the molecule is COc1ccc(C(CSC(C)C)NN)cc1F. The molecule has 17 heavy (non-hydrogen) atoms. The number of hydrogen-bond acceptors (Lipinski definition) is 4. The van der Waals surface area contributed by atoms with Gasteiger partial charge in [0.05, 0.1) is 13.2 Å². The zero-order valence-electron chi connectivity index (χ0n) is 10.4. The number of ether oxygens (including phenoxy) is 1. The van der Waals surface area contributed by atoms with E-state index < -0.39 is 0 Å². The highest BCUT2D eigenvalue weighted by Crippen LogP contribution is 2.24. The Kier molecular flexibility index (Phi) is 5.74. The van der Waals surface area contributed by atoms with E-state index in [2.05, 4.69) is 19.3 Å². The highest BCUT2D eigenvalue weighted by molar-refractivity contribution is 7.99. The van der Waals surface area contributed by atoms with E-state index in [4.69, 9.17) is 10.6 Å². The zero-order chi connectivity index (χ0) is 12.8. The molecule has 0 aliphatic heterocycles. The van der Waals surface area contributed by atoms with Crippen LogP contribution in [0.15, 0.2) is 18.2 Å². The van der Waals surface area contributed by atoms with Gasteiger partial charge >= 0.3 is 0 Å². The summed E-state index contributed by atoms with van der Waals surface area (Å²) >= 11 is 1.78. The zero-order valence-corrected chi connectivity index (χ0v) is 11.2. The summed E-state index contributed by atoms with van der Waals surface area (Å²) in [5.74, 6) is 6.19. The summed E-state index contributed by atoms with van der Waals surface area (Å²) in [6, 6.07) is 4.86. The molecular weight excluding hydrogens is 239 g/mol. The lowest BCUT2D eigenvalue weighted by Crippen LogP contribution is -2.30. The molecule has 0 aliphatic carbocycles. The van der Waals surface area contributed by atoms with Crippen LogP contribution in [0.25, 0.3) is 0 Å². The van der Waals surface area contributed by atoms with Gasteiger partial charge in [0.2, 0.25) is 0 Å². The third-order valence-corrected chi connectivity index (χ3v) is 3.57. The first-order valence-corrected chi connectivity index (χ1v) is 6.54. The first-order chi connectivity index (χ1) is 8.08. The van der Waals surface area contributed by atoms with Crippen LogP contribution in [0.2, 0.25) is 0 Å². The van der Waals surface area contributed by atoms with Gasteiger partial charge in [0.25, 0.3) is 0 Å². The molecule has 0 aliphatic rings. The van der Waals surface area contributed by atoms with Gasteiger partial charge in [-0.2, -0.15) is 11.8 Å². The lowest BCUT2D eigenvalue weighted by Gasteiger charge is -2.17. The molecule has 3 N–H and O–H groups in total. The van der Waals surface area contributed by atoms with Crippen LogP contribution in [0.4, 0.5) is 4.39 Å². The van der Waals surface area contributed by atoms with Crippen molar-refractivity contribution in [3.63, 3.8) is 0 Å². The summed E-state index contributed by atoms with van der Waals surface area (Å²) in [6.45, 7) is 4.24. The molecule has 1 rings (SSSR count). The molecule has 1 aromatic rings. The van der Waals surface area contributed by atoms with Crippen molar-refractivity contribution in [2.24, 2.45) is 5.84 Å². The highest BCUT2D eigenvalue weighted by Gasteiger charge is 2.13. The van der Waals surface area contributed by atoms with Gasteiger partial charge < -0.3 is 4.74 Å². The van der Waals surface area contributed by atoms with E-state index in [9.17, 15) is 4.39 Å². The summed E-state index contributed by atoms with van der Waals surface area (Å²) in [4.78, 5) is 0. The second kappa shape index (κ2) is 6.83. The molecule has 1 aromatic carbocycles. The normalized spacial score (nSPS) is 12.8. The van der Waals surface area contributed by atoms with Crippen molar-refractivity contribution in [3.05, 3.63) is 29.6 Å². The maximum Gasteiger partial charge on any atom is 0.165 e. The van der Waals surface area contributed by atoms with Crippen LogP contribution in [-0.4, -0.2) is 18.1 Å². The van der Waals surface area contributed by atoms with Gasteiger partial charge in [0, 0.05) is 5.75 Å². The minimum atomic E-state index is -0.361. The number of hydrazine groups is 1. The van der Waals surface area contributed by atoms with E-state index in [0.29, 0.717) is 5.25 Å². The number of nitrogens with two attached hydrogens (primary N) is 1. The van der Waals surface area contributed by atoms with Gasteiger partial charge in [-0.15, -0.1) is 0 Å². The Bertz CT molecular complexity index is 360. The smallest absolute Gasteiger partial charge is 0.165 e. The van der Waals surface area contributed by atoms with Crippen molar-refractivity contribution in [1.82, 2.24) is 5.43 Å². The number of methoxy groups -OCH3 is 1. The minimum Gasteiger partial charge on any atom is -0.494 e. The number of halogens is 1. The van der Waals surface area contributed by atoms with Gasteiger partial charge in [-0.25, -0.2) is 4.39 Å². The van der Waals surface area contributed by atoms with Crippen LogP contribution in [0.3, 0.4) is 0 Å². The Morgan fingerprint density at radius 1 is 1.47 bits per heavy atom. The fraction of sp³-hybridized carbons (Fsp3) is 0.500. The van der Waals surface area contributed by atoms with Gasteiger partial charge in [-0.3, -0.25) is 11.3 Å². The second-order valence-corrected chi connectivity index (χ2v) is 5.60. The fourth-order valence-electron chi connectivity index (χ4n) is 1.43. The summed E-state index contributed by atoms with van der Waals surface area (Å²) in [7, 11) is 1.45. The molecule has 3 nitrogen and oxygen atoms in total. The molecule has 5 heteroatoms. The van der Waals surface area contributed by atoms with E-state index in [1.54, 1.807) is 17.8 Å². The number of nitrogens with one attached hydrogen (secondary N) is 1. The molecule has 0 aromatic heterocycles. The number of hydrogen-bond donors (Lipinski definition) is 2. The molecule has 0 heterocycles. The largest absolute Gasteiger partial charge is 0.494 e. The van der Waals surface area contributed by atoms with E-state index >= 15 is 0 Å². The monoisotopic (exact) mass is 258 g/mol. The summed E-state index contributed by atoms with van der Waals surface area (Å²) < 4.78 is 18.4. The van der Waals surface area contributed by atoms with Gasteiger partial charge in [-0.1, -0.05) is 19.9 Å². The van der Waals surface area contributed by atoms with E-state index in [0.717, 1.165) is 11.3 Å².